The van der Waals surface area contributed by atoms with Crippen molar-refractivity contribution in [3.63, 3.8) is 0 Å². The van der Waals surface area contributed by atoms with Gasteiger partial charge in [-0.3, -0.25) is 0 Å². The topological polar surface area (TPSA) is 21.3 Å². The molecular formula is C17H25F2NO. The van der Waals surface area contributed by atoms with Crippen LogP contribution in [-0.2, 0) is 6.54 Å². The summed E-state index contributed by atoms with van der Waals surface area (Å²) in [4.78, 5) is 0. The molecule has 1 saturated carbocycles. The average Bonchev–Trinajstić information content (AvgIpc) is 2.46. The van der Waals surface area contributed by atoms with E-state index < -0.39 is 6.61 Å². The Hall–Kier alpha value is -1.16. The van der Waals surface area contributed by atoms with E-state index in [2.05, 4.69) is 23.9 Å². The predicted octanol–water partition coefficient (Wildman–Crippen LogP) is 4.59. The molecule has 1 aromatic rings. The molecule has 2 rings (SSSR count). The summed E-state index contributed by atoms with van der Waals surface area (Å²) in [6, 6.07) is 7.45. The Balaban J connectivity index is 1.80. The van der Waals surface area contributed by atoms with Crippen LogP contribution in [0.4, 0.5) is 8.78 Å². The van der Waals surface area contributed by atoms with Gasteiger partial charge in [0.05, 0.1) is 0 Å². The Kier molecular flexibility index (Phi) is 5.97. The van der Waals surface area contributed by atoms with Crippen molar-refractivity contribution >= 4 is 0 Å². The highest BCUT2D eigenvalue weighted by molar-refractivity contribution is 5.27. The monoisotopic (exact) mass is 297 g/mol. The molecule has 1 aromatic carbocycles. The lowest BCUT2D eigenvalue weighted by molar-refractivity contribution is -0.0498. The summed E-state index contributed by atoms with van der Waals surface area (Å²) in [6.07, 6.45) is 5.11. The third kappa shape index (κ3) is 5.27. The Labute approximate surface area is 125 Å². The van der Waals surface area contributed by atoms with Crippen LogP contribution in [0.15, 0.2) is 24.3 Å². The van der Waals surface area contributed by atoms with E-state index in [9.17, 15) is 8.78 Å². The van der Waals surface area contributed by atoms with E-state index in [0.29, 0.717) is 6.04 Å². The second kappa shape index (κ2) is 7.74. The Morgan fingerprint density at radius 3 is 2.52 bits per heavy atom. The predicted molar refractivity (Wildman–Crippen MR) is 80.5 cm³/mol. The van der Waals surface area contributed by atoms with Crippen molar-refractivity contribution in [3.05, 3.63) is 29.8 Å². The summed E-state index contributed by atoms with van der Waals surface area (Å²) in [7, 11) is 0. The van der Waals surface area contributed by atoms with Gasteiger partial charge in [0.1, 0.15) is 5.75 Å². The van der Waals surface area contributed by atoms with Crippen molar-refractivity contribution < 1.29 is 13.5 Å². The smallest absolute Gasteiger partial charge is 0.387 e. The molecule has 1 N–H and O–H groups in total. The summed E-state index contributed by atoms with van der Waals surface area (Å²) in [5.74, 6) is 1.78. The first-order valence-electron chi connectivity index (χ1n) is 7.81. The fourth-order valence-corrected chi connectivity index (χ4v) is 3.07. The molecule has 4 heteroatoms. The van der Waals surface area contributed by atoms with Crippen molar-refractivity contribution in [3.8, 4) is 5.75 Å². The molecule has 1 fully saturated rings. The Morgan fingerprint density at radius 2 is 1.90 bits per heavy atom. The SMILES string of the molecule is CC(C)C1CCCC(NCc2ccc(OC(F)F)cc2)C1. The lowest BCUT2D eigenvalue weighted by Gasteiger charge is -2.32. The summed E-state index contributed by atoms with van der Waals surface area (Å²) in [5, 5.41) is 3.59. The van der Waals surface area contributed by atoms with Crippen molar-refractivity contribution in [1.82, 2.24) is 5.32 Å². The van der Waals surface area contributed by atoms with Crippen molar-refractivity contribution in [1.29, 1.82) is 0 Å². The maximum Gasteiger partial charge on any atom is 0.387 e. The molecule has 1 aliphatic rings. The van der Waals surface area contributed by atoms with E-state index >= 15 is 0 Å². The van der Waals surface area contributed by atoms with Gasteiger partial charge in [-0.15, -0.1) is 0 Å². The highest BCUT2D eigenvalue weighted by atomic mass is 19.3. The molecule has 0 radical (unpaired) electrons. The molecule has 0 aromatic heterocycles. The number of alkyl halides is 2. The van der Waals surface area contributed by atoms with Gasteiger partial charge in [-0.25, -0.2) is 0 Å². The van der Waals surface area contributed by atoms with Crippen LogP contribution in [0, 0.1) is 11.8 Å². The molecule has 0 aliphatic heterocycles. The average molecular weight is 297 g/mol. The molecule has 0 amide bonds. The van der Waals surface area contributed by atoms with Crippen LogP contribution < -0.4 is 10.1 Å². The molecule has 2 nitrogen and oxygen atoms in total. The third-order valence-electron chi connectivity index (χ3n) is 4.40. The number of halogens is 2. The molecule has 0 saturated heterocycles. The molecule has 1 aliphatic carbocycles. The molecule has 0 heterocycles. The number of hydrogen-bond acceptors (Lipinski definition) is 2. The van der Waals surface area contributed by atoms with Gasteiger partial charge < -0.3 is 10.1 Å². The van der Waals surface area contributed by atoms with Crippen LogP contribution in [0.2, 0.25) is 0 Å². The Morgan fingerprint density at radius 1 is 1.19 bits per heavy atom. The van der Waals surface area contributed by atoms with Gasteiger partial charge >= 0.3 is 6.61 Å². The third-order valence-corrected chi connectivity index (χ3v) is 4.40. The van der Waals surface area contributed by atoms with Gasteiger partial charge in [0.15, 0.2) is 0 Å². The highest BCUT2D eigenvalue weighted by Crippen LogP contribution is 2.30. The minimum absolute atomic E-state index is 0.214. The highest BCUT2D eigenvalue weighted by Gasteiger charge is 2.23. The maximum absolute atomic E-state index is 12.1. The van der Waals surface area contributed by atoms with Crippen molar-refractivity contribution in [2.45, 2.75) is 58.7 Å². The van der Waals surface area contributed by atoms with E-state index in [1.54, 1.807) is 12.1 Å². The first-order valence-corrected chi connectivity index (χ1v) is 7.81. The van der Waals surface area contributed by atoms with Gasteiger partial charge in [0.25, 0.3) is 0 Å². The lowest BCUT2D eigenvalue weighted by atomic mass is 9.79. The first kappa shape index (κ1) is 16.2. The lowest BCUT2D eigenvalue weighted by Crippen LogP contribution is -2.35. The zero-order valence-corrected chi connectivity index (χ0v) is 12.8. The second-order valence-corrected chi connectivity index (χ2v) is 6.27. The number of benzene rings is 1. The molecule has 0 bridgehead atoms. The zero-order valence-electron chi connectivity index (χ0n) is 12.8. The summed E-state index contributed by atoms with van der Waals surface area (Å²) in [5.41, 5.74) is 1.10. The largest absolute Gasteiger partial charge is 0.435 e. The fraction of sp³-hybridized carbons (Fsp3) is 0.647. The normalized spacial score (nSPS) is 22.8. The summed E-state index contributed by atoms with van der Waals surface area (Å²) in [6.45, 7) is 2.62. The minimum Gasteiger partial charge on any atom is -0.435 e. The van der Waals surface area contributed by atoms with Gasteiger partial charge in [-0.2, -0.15) is 8.78 Å². The van der Waals surface area contributed by atoms with Gasteiger partial charge in [0.2, 0.25) is 0 Å². The van der Waals surface area contributed by atoms with Crippen LogP contribution in [0.25, 0.3) is 0 Å². The van der Waals surface area contributed by atoms with E-state index in [1.165, 1.54) is 25.7 Å². The molecule has 2 unspecified atom stereocenters. The molecule has 0 spiro atoms. The van der Waals surface area contributed by atoms with E-state index in [0.717, 1.165) is 23.9 Å². The molecule has 21 heavy (non-hydrogen) atoms. The standard InChI is InChI=1S/C17H25F2NO/c1-12(2)14-4-3-5-15(10-14)20-11-13-6-8-16(9-7-13)21-17(18)19/h6-9,12,14-15,17,20H,3-5,10-11H2,1-2H3. The minimum atomic E-state index is -2.76. The quantitative estimate of drug-likeness (QED) is 0.829. The van der Waals surface area contributed by atoms with Crippen LogP contribution in [0.3, 0.4) is 0 Å². The van der Waals surface area contributed by atoms with Gasteiger partial charge in [-0.05, 0) is 42.4 Å². The number of nitrogens with one attached hydrogen (secondary N) is 1. The maximum atomic E-state index is 12.1. The van der Waals surface area contributed by atoms with Crippen LogP contribution in [0.1, 0.15) is 45.1 Å². The number of rotatable bonds is 6. The number of hydrogen-bond donors (Lipinski definition) is 1. The number of ether oxygens (including phenoxy) is 1. The van der Waals surface area contributed by atoms with Crippen molar-refractivity contribution in [2.24, 2.45) is 11.8 Å². The fourth-order valence-electron chi connectivity index (χ4n) is 3.07. The van der Waals surface area contributed by atoms with Crippen LogP contribution in [-0.4, -0.2) is 12.7 Å². The molecule has 2 atom stereocenters. The van der Waals surface area contributed by atoms with E-state index in [4.69, 9.17) is 0 Å². The van der Waals surface area contributed by atoms with Crippen LogP contribution in [0.5, 0.6) is 5.75 Å². The van der Waals surface area contributed by atoms with Crippen molar-refractivity contribution in [2.75, 3.05) is 0 Å². The van der Waals surface area contributed by atoms with Crippen LogP contribution >= 0.6 is 0 Å². The Bertz CT molecular complexity index is 419. The second-order valence-electron chi connectivity index (χ2n) is 6.27. The van der Waals surface area contributed by atoms with E-state index in [-0.39, 0.29) is 5.75 Å². The zero-order chi connectivity index (χ0) is 15.2. The summed E-state index contributed by atoms with van der Waals surface area (Å²) >= 11 is 0. The van der Waals surface area contributed by atoms with Gasteiger partial charge in [0, 0.05) is 12.6 Å². The first-order chi connectivity index (χ1) is 10.0. The van der Waals surface area contributed by atoms with Gasteiger partial charge in [-0.1, -0.05) is 38.8 Å². The molecular weight excluding hydrogens is 272 g/mol. The summed E-state index contributed by atoms with van der Waals surface area (Å²) < 4.78 is 28.5. The molecule has 118 valence electrons. The van der Waals surface area contributed by atoms with E-state index in [1.807, 2.05) is 12.1 Å².